The van der Waals surface area contributed by atoms with E-state index in [-0.39, 0.29) is 22.1 Å². The van der Waals surface area contributed by atoms with Gasteiger partial charge >= 0.3 is 10.2 Å². The van der Waals surface area contributed by atoms with Gasteiger partial charge in [-0.2, -0.15) is 8.42 Å². The molecule has 0 radical (unpaired) electrons. The van der Waals surface area contributed by atoms with Crippen molar-refractivity contribution in [2.75, 3.05) is 11.4 Å². The van der Waals surface area contributed by atoms with Crippen molar-refractivity contribution in [3.63, 3.8) is 0 Å². The third-order valence-electron chi connectivity index (χ3n) is 2.43. The van der Waals surface area contributed by atoms with Gasteiger partial charge in [0.05, 0.1) is 6.20 Å². The second kappa shape index (κ2) is 4.71. The molecule has 1 unspecified atom stereocenters. The minimum Gasteiger partial charge on any atom is -0.293 e. The molecule has 1 atom stereocenters. The summed E-state index contributed by atoms with van der Waals surface area (Å²) < 4.78 is 34.6. The Kier molecular flexibility index (Phi) is 3.56. The Hall–Kier alpha value is -0.800. The van der Waals surface area contributed by atoms with E-state index >= 15 is 0 Å². The first-order chi connectivity index (χ1) is 8.29. The molecule has 2 rings (SSSR count). The fourth-order valence-corrected chi connectivity index (χ4v) is 3.00. The van der Waals surface area contributed by atoms with Crippen LogP contribution in [0.4, 0.5) is 9.70 Å². The van der Waals surface area contributed by atoms with Crippen LogP contribution >= 0.6 is 27.5 Å². The fourth-order valence-electron chi connectivity index (χ4n) is 1.59. The molecule has 98 valence electrons. The first kappa shape index (κ1) is 13.6. The molecule has 0 saturated carbocycles. The molecule has 1 amide bonds. The maximum absolute atomic E-state index is 12.8. The monoisotopic (exact) mass is 357 g/mol. The molecule has 1 aliphatic rings. The van der Waals surface area contributed by atoms with Crippen LogP contribution in [0.5, 0.6) is 0 Å². The van der Waals surface area contributed by atoms with Crippen LogP contribution in [-0.2, 0) is 15.0 Å². The van der Waals surface area contributed by atoms with Crippen LogP contribution in [0.3, 0.4) is 0 Å². The average Bonchev–Trinajstić information content (AvgIpc) is 2.60. The zero-order valence-electron chi connectivity index (χ0n) is 8.68. The summed E-state index contributed by atoms with van der Waals surface area (Å²) in [5.41, 5.74) is 0. The zero-order valence-corrected chi connectivity index (χ0v) is 11.8. The molecule has 0 aliphatic carbocycles. The summed E-state index contributed by atoms with van der Waals surface area (Å²) in [6.07, 6.45) is 0.807. The molecule has 18 heavy (non-hydrogen) atoms. The summed E-state index contributed by atoms with van der Waals surface area (Å²) in [5.74, 6) is -0.408. The fraction of sp³-hybridized carbons (Fsp3) is 0.375. The first-order valence-corrected chi connectivity index (χ1v) is 7.32. The van der Waals surface area contributed by atoms with E-state index in [4.69, 9.17) is 11.6 Å². The standard InChI is InChI=1S/C8H6BrClFN3O3S/c9-7-8(12-2-5(10)13-7)14-3-4(1-6(14)15)18(11,16)17/h2,4H,1,3H2. The van der Waals surface area contributed by atoms with E-state index in [0.29, 0.717) is 0 Å². The summed E-state index contributed by atoms with van der Waals surface area (Å²) in [6.45, 7) is -0.285. The van der Waals surface area contributed by atoms with Gasteiger partial charge in [0.25, 0.3) is 0 Å². The second-order valence-corrected chi connectivity index (χ2v) is 6.37. The Morgan fingerprint density at radius 2 is 2.22 bits per heavy atom. The topological polar surface area (TPSA) is 80.2 Å². The van der Waals surface area contributed by atoms with Gasteiger partial charge in [-0.05, 0) is 15.9 Å². The SMILES string of the molecule is O=C1CC(S(=O)(=O)F)CN1c1ncc(Cl)nc1Br. The Morgan fingerprint density at radius 3 is 2.72 bits per heavy atom. The van der Waals surface area contributed by atoms with Crippen molar-refractivity contribution in [3.05, 3.63) is 16.0 Å². The van der Waals surface area contributed by atoms with Crippen molar-refractivity contribution in [2.24, 2.45) is 0 Å². The number of hydrogen-bond donors (Lipinski definition) is 0. The third kappa shape index (κ3) is 2.62. The summed E-state index contributed by atoms with van der Waals surface area (Å²) in [4.78, 5) is 20.4. The molecule has 1 aromatic rings. The number of anilines is 1. The second-order valence-electron chi connectivity index (χ2n) is 3.61. The van der Waals surface area contributed by atoms with Crippen molar-refractivity contribution >= 4 is 49.5 Å². The Labute approximate surface area is 116 Å². The highest BCUT2D eigenvalue weighted by atomic mass is 79.9. The maximum atomic E-state index is 12.8. The molecule has 2 heterocycles. The number of nitrogens with zero attached hydrogens (tertiary/aromatic N) is 3. The number of aromatic nitrogens is 2. The Bertz CT molecular complexity index is 612. The number of rotatable bonds is 2. The van der Waals surface area contributed by atoms with Crippen LogP contribution in [-0.4, -0.2) is 36.1 Å². The number of amides is 1. The Morgan fingerprint density at radius 1 is 1.56 bits per heavy atom. The van der Waals surface area contributed by atoms with Gasteiger partial charge in [0.2, 0.25) is 5.91 Å². The molecule has 1 fully saturated rings. The van der Waals surface area contributed by atoms with Gasteiger partial charge in [-0.3, -0.25) is 9.69 Å². The normalized spacial score (nSPS) is 20.5. The largest absolute Gasteiger partial charge is 0.307 e. The molecule has 6 nitrogen and oxygen atoms in total. The van der Waals surface area contributed by atoms with Crippen molar-refractivity contribution in [2.45, 2.75) is 11.7 Å². The molecule has 0 aromatic carbocycles. The predicted molar refractivity (Wildman–Crippen MR) is 65.5 cm³/mol. The quantitative estimate of drug-likeness (QED) is 0.744. The van der Waals surface area contributed by atoms with Crippen LogP contribution in [0.15, 0.2) is 10.8 Å². The molecule has 1 aliphatic heterocycles. The highest BCUT2D eigenvalue weighted by Crippen LogP contribution is 2.29. The van der Waals surface area contributed by atoms with Gasteiger partial charge in [-0.1, -0.05) is 11.6 Å². The number of carbonyl (C=O) groups excluding carboxylic acids is 1. The predicted octanol–water partition coefficient (Wildman–Crippen LogP) is 1.30. The summed E-state index contributed by atoms with van der Waals surface area (Å²) in [5, 5.41) is -1.25. The lowest BCUT2D eigenvalue weighted by molar-refractivity contribution is -0.117. The number of carbonyl (C=O) groups is 1. The first-order valence-electron chi connectivity index (χ1n) is 4.71. The average molecular weight is 359 g/mol. The van der Waals surface area contributed by atoms with Crippen LogP contribution in [0.25, 0.3) is 0 Å². The van der Waals surface area contributed by atoms with Gasteiger partial charge in [-0.25, -0.2) is 9.97 Å². The van der Waals surface area contributed by atoms with Crippen molar-refractivity contribution in [3.8, 4) is 0 Å². The molecular formula is C8H6BrClFN3O3S. The van der Waals surface area contributed by atoms with E-state index in [9.17, 15) is 17.1 Å². The van der Waals surface area contributed by atoms with Crippen LogP contribution in [0, 0.1) is 0 Å². The molecule has 1 aromatic heterocycles. The van der Waals surface area contributed by atoms with Gasteiger partial charge in [-0.15, -0.1) is 3.89 Å². The van der Waals surface area contributed by atoms with Gasteiger partial charge < -0.3 is 0 Å². The maximum Gasteiger partial charge on any atom is 0.307 e. The lowest BCUT2D eigenvalue weighted by Crippen LogP contribution is -2.28. The van der Waals surface area contributed by atoms with Gasteiger partial charge in [0, 0.05) is 13.0 Å². The molecule has 0 bridgehead atoms. The highest BCUT2D eigenvalue weighted by molar-refractivity contribution is 9.10. The molecule has 0 N–H and O–H groups in total. The Balaban J connectivity index is 2.33. The van der Waals surface area contributed by atoms with Crippen LogP contribution in [0.1, 0.15) is 6.42 Å². The summed E-state index contributed by atoms with van der Waals surface area (Å²) in [6, 6.07) is 0. The van der Waals surface area contributed by atoms with Gasteiger partial charge in [0.1, 0.15) is 10.4 Å². The van der Waals surface area contributed by atoms with Crippen LogP contribution < -0.4 is 4.90 Å². The highest BCUT2D eigenvalue weighted by Gasteiger charge is 2.40. The lowest BCUT2D eigenvalue weighted by Gasteiger charge is -2.15. The third-order valence-corrected chi connectivity index (χ3v) is 4.25. The van der Waals surface area contributed by atoms with Crippen LogP contribution in [0.2, 0.25) is 5.15 Å². The van der Waals surface area contributed by atoms with E-state index in [2.05, 4.69) is 25.9 Å². The lowest BCUT2D eigenvalue weighted by atomic mass is 10.4. The van der Waals surface area contributed by atoms with E-state index in [1.54, 1.807) is 0 Å². The zero-order chi connectivity index (χ0) is 13.5. The van der Waals surface area contributed by atoms with E-state index in [1.807, 2.05) is 0 Å². The van der Waals surface area contributed by atoms with Crippen molar-refractivity contribution in [1.82, 2.24) is 9.97 Å². The minimum absolute atomic E-state index is 0.118. The molecule has 10 heteroatoms. The summed E-state index contributed by atoms with van der Waals surface area (Å²) in [7, 11) is -4.75. The van der Waals surface area contributed by atoms with E-state index in [1.165, 1.54) is 6.20 Å². The minimum atomic E-state index is -4.75. The molecule has 1 saturated heterocycles. The number of hydrogen-bond acceptors (Lipinski definition) is 5. The van der Waals surface area contributed by atoms with Crippen molar-refractivity contribution < 1.29 is 17.1 Å². The number of halogens is 3. The molecular weight excluding hydrogens is 353 g/mol. The van der Waals surface area contributed by atoms with E-state index < -0.39 is 27.8 Å². The summed E-state index contributed by atoms with van der Waals surface area (Å²) >= 11 is 8.66. The van der Waals surface area contributed by atoms with E-state index in [0.717, 1.165) is 4.90 Å². The molecule has 0 spiro atoms. The smallest absolute Gasteiger partial charge is 0.293 e. The van der Waals surface area contributed by atoms with Gasteiger partial charge in [0.15, 0.2) is 10.4 Å². The van der Waals surface area contributed by atoms with Crippen molar-refractivity contribution in [1.29, 1.82) is 0 Å².